The number of hydrogen-bond donors (Lipinski definition) is 2. The van der Waals surface area contributed by atoms with Gasteiger partial charge in [-0.05, 0) is 18.2 Å². The number of carbonyl (C=O) groups excluding carboxylic acids is 1. The van der Waals surface area contributed by atoms with Crippen LogP contribution in [0.25, 0.3) is 0 Å². The molecule has 0 aromatic heterocycles. The maximum absolute atomic E-state index is 11.2. The van der Waals surface area contributed by atoms with Gasteiger partial charge in [0.05, 0.1) is 24.0 Å². The van der Waals surface area contributed by atoms with Gasteiger partial charge in [-0.2, -0.15) is 0 Å². The van der Waals surface area contributed by atoms with Crippen LogP contribution in [0.3, 0.4) is 0 Å². The smallest absolute Gasteiger partial charge is 0.337 e. The zero-order valence-electron chi connectivity index (χ0n) is 8.62. The number of esters is 1. The molecule has 0 amide bonds. The molecular formula is C11H14N2O2. The number of benzene rings is 1. The Hall–Kier alpha value is -1.97. The van der Waals surface area contributed by atoms with E-state index in [9.17, 15) is 4.79 Å². The van der Waals surface area contributed by atoms with Crippen molar-refractivity contribution in [2.75, 3.05) is 24.7 Å². The highest BCUT2D eigenvalue weighted by molar-refractivity contribution is 5.91. The molecule has 4 nitrogen and oxygen atoms in total. The summed E-state index contributed by atoms with van der Waals surface area (Å²) in [7, 11) is 1.34. The molecule has 0 heterocycles. The lowest BCUT2D eigenvalue weighted by molar-refractivity contribution is 0.0601. The SMILES string of the molecule is C=CCNc1ccc(C(=O)OC)cc1N. The molecule has 0 aliphatic rings. The predicted octanol–water partition coefficient (Wildman–Crippen LogP) is 1.65. The summed E-state index contributed by atoms with van der Waals surface area (Å²) < 4.78 is 4.58. The zero-order valence-corrected chi connectivity index (χ0v) is 8.62. The first-order chi connectivity index (χ1) is 7.19. The van der Waals surface area contributed by atoms with Crippen LogP contribution < -0.4 is 11.1 Å². The fourth-order valence-electron chi connectivity index (χ4n) is 1.15. The van der Waals surface area contributed by atoms with E-state index in [1.807, 2.05) is 0 Å². The Balaban J connectivity index is 2.87. The third-order valence-electron chi connectivity index (χ3n) is 1.91. The molecule has 1 aromatic carbocycles. The van der Waals surface area contributed by atoms with Crippen LogP contribution in [-0.4, -0.2) is 19.6 Å². The minimum atomic E-state index is -0.392. The van der Waals surface area contributed by atoms with Crippen molar-refractivity contribution in [1.82, 2.24) is 0 Å². The van der Waals surface area contributed by atoms with Gasteiger partial charge in [-0.1, -0.05) is 6.08 Å². The van der Waals surface area contributed by atoms with E-state index in [-0.39, 0.29) is 0 Å². The largest absolute Gasteiger partial charge is 0.465 e. The van der Waals surface area contributed by atoms with E-state index >= 15 is 0 Å². The van der Waals surface area contributed by atoms with Crippen molar-refractivity contribution in [2.24, 2.45) is 0 Å². The molecule has 0 radical (unpaired) electrons. The number of ether oxygens (including phenoxy) is 1. The second-order valence-corrected chi connectivity index (χ2v) is 2.96. The molecule has 4 heteroatoms. The Morgan fingerprint density at radius 2 is 2.40 bits per heavy atom. The number of rotatable bonds is 4. The Morgan fingerprint density at radius 3 is 2.93 bits per heavy atom. The van der Waals surface area contributed by atoms with Gasteiger partial charge in [0, 0.05) is 6.54 Å². The van der Waals surface area contributed by atoms with Crippen LogP contribution in [0, 0.1) is 0 Å². The number of nitrogen functional groups attached to an aromatic ring is 1. The van der Waals surface area contributed by atoms with E-state index in [4.69, 9.17) is 5.73 Å². The van der Waals surface area contributed by atoms with Crippen molar-refractivity contribution < 1.29 is 9.53 Å². The summed E-state index contributed by atoms with van der Waals surface area (Å²) in [5, 5.41) is 3.05. The van der Waals surface area contributed by atoms with Gasteiger partial charge in [-0.3, -0.25) is 0 Å². The van der Waals surface area contributed by atoms with Gasteiger partial charge < -0.3 is 15.8 Å². The average molecular weight is 206 g/mol. The summed E-state index contributed by atoms with van der Waals surface area (Å²) in [6.07, 6.45) is 1.73. The van der Waals surface area contributed by atoms with Gasteiger partial charge in [0.1, 0.15) is 0 Å². The molecule has 0 aliphatic heterocycles. The molecule has 0 bridgehead atoms. The molecule has 0 saturated heterocycles. The lowest BCUT2D eigenvalue weighted by Gasteiger charge is -2.08. The molecular weight excluding hydrogens is 192 g/mol. The second-order valence-electron chi connectivity index (χ2n) is 2.96. The van der Waals surface area contributed by atoms with Crippen LogP contribution in [0.2, 0.25) is 0 Å². The van der Waals surface area contributed by atoms with E-state index in [0.29, 0.717) is 17.8 Å². The Labute approximate surface area is 88.7 Å². The van der Waals surface area contributed by atoms with Gasteiger partial charge in [0.25, 0.3) is 0 Å². The van der Waals surface area contributed by atoms with Gasteiger partial charge in [-0.25, -0.2) is 4.79 Å². The minimum absolute atomic E-state index is 0.392. The van der Waals surface area contributed by atoms with Crippen LogP contribution in [-0.2, 0) is 4.74 Å². The highest BCUT2D eigenvalue weighted by Gasteiger charge is 2.07. The Kier molecular flexibility index (Phi) is 3.74. The normalized spacial score (nSPS) is 9.40. The van der Waals surface area contributed by atoms with Crippen LogP contribution in [0.1, 0.15) is 10.4 Å². The molecule has 3 N–H and O–H groups in total. The molecule has 80 valence electrons. The highest BCUT2D eigenvalue weighted by Crippen LogP contribution is 2.19. The van der Waals surface area contributed by atoms with Gasteiger partial charge >= 0.3 is 5.97 Å². The molecule has 0 aliphatic carbocycles. The first-order valence-corrected chi connectivity index (χ1v) is 4.51. The van der Waals surface area contributed by atoms with Gasteiger partial charge in [0.2, 0.25) is 0 Å². The van der Waals surface area contributed by atoms with Crippen LogP contribution in [0.5, 0.6) is 0 Å². The summed E-state index contributed by atoms with van der Waals surface area (Å²) >= 11 is 0. The van der Waals surface area contributed by atoms with Crippen molar-refractivity contribution in [3.63, 3.8) is 0 Å². The minimum Gasteiger partial charge on any atom is -0.465 e. The summed E-state index contributed by atoms with van der Waals surface area (Å²) in [5.41, 5.74) is 7.49. The summed E-state index contributed by atoms with van der Waals surface area (Å²) in [4.78, 5) is 11.2. The fraction of sp³-hybridized carbons (Fsp3) is 0.182. The predicted molar refractivity (Wildman–Crippen MR) is 60.9 cm³/mol. The van der Waals surface area contributed by atoms with Crippen LogP contribution in [0.4, 0.5) is 11.4 Å². The molecule has 0 fully saturated rings. The third kappa shape index (κ3) is 2.74. The third-order valence-corrected chi connectivity index (χ3v) is 1.91. The van der Waals surface area contributed by atoms with E-state index in [0.717, 1.165) is 5.69 Å². The molecule has 0 atom stereocenters. The molecule has 0 spiro atoms. The summed E-state index contributed by atoms with van der Waals surface area (Å²) in [6.45, 7) is 4.21. The van der Waals surface area contributed by atoms with E-state index in [1.54, 1.807) is 24.3 Å². The first kappa shape index (κ1) is 11.1. The molecule has 15 heavy (non-hydrogen) atoms. The fourth-order valence-corrected chi connectivity index (χ4v) is 1.15. The number of anilines is 2. The monoisotopic (exact) mass is 206 g/mol. The Morgan fingerprint density at radius 1 is 1.67 bits per heavy atom. The highest BCUT2D eigenvalue weighted by atomic mass is 16.5. The maximum Gasteiger partial charge on any atom is 0.337 e. The van der Waals surface area contributed by atoms with Crippen molar-refractivity contribution in [3.8, 4) is 0 Å². The zero-order chi connectivity index (χ0) is 11.3. The average Bonchev–Trinajstić information content (AvgIpc) is 2.26. The van der Waals surface area contributed by atoms with Gasteiger partial charge in [0.15, 0.2) is 0 Å². The second kappa shape index (κ2) is 5.05. The van der Waals surface area contributed by atoms with Crippen LogP contribution >= 0.6 is 0 Å². The van der Waals surface area contributed by atoms with E-state index in [2.05, 4.69) is 16.6 Å². The number of nitrogens with one attached hydrogen (secondary N) is 1. The summed E-state index contributed by atoms with van der Waals surface area (Å²) in [5.74, 6) is -0.392. The lowest BCUT2D eigenvalue weighted by Crippen LogP contribution is -2.05. The standard InChI is InChI=1S/C11H14N2O2/c1-3-6-13-10-5-4-8(7-9(10)12)11(14)15-2/h3-5,7,13H,1,6,12H2,2H3. The van der Waals surface area contributed by atoms with E-state index in [1.165, 1.54) is 7.11 Å². The molecule has 1 rings (SSSR count). The quantitative estimate of drug-likeness (QED) is 0.446. The van der Waals surface area contributed by atoms with Crippen molar-refractivity contribution in [3.05, 3.63) is 36.4 Å². The molecule has 0 saturated carbocycles. The topological polar surface area (TPSA) is 64.3 Å². The lowest BCUT2D eigenvalue weighted by atomic mass is 10.1. The van der Waals surface area contributed by atoms with Crippen LogP contribution in [0.15, 0.2) is 30.9 Å². The Bertz CT molecular complexity index is 375. The van der Waals surface area contributed by atoms with Gasteiger partial charge in [-0.15, -0.1) is 6.58 Å². The van der Waals surface area contributed by atoms with Crippen molar-refractivity contribution in [1.29, 1.82) is 0 Å². The maximum atomic E-state index is 11.2. The number of methoxy groups -OCH3 is 1. The van der Waals surface area contributed by atoms with Crippen molar-refractivity contribution >= 4 is 17.3 Å². The molecule has 0 unspecified atom stereocenters. The number of hydrogen-bond acceptors (Lipinski definition) is 4. The first-order valence-electron chi connectivity index (χ1n) is 4.51. The number of nitrogens with two attached hydrogens (primary N) is 1. The van der Waals surface area contributed by atoms with E-state index < -0.39 is 5.97 Å². The van der Waals surface area contributed by atoms with Crippen molar-refractivity contribution in [2.45, 2.75) is 0 Å². The number of carbonyl (C=O) groups is 1. The molecule has 1 aromatic rings. The summed E-state index contributed by atoms with van der Waals surface area (Å²) in [6, 6.07) is 4.98.